The first-order valence-electron chi connectivity index (χ1n) is 9.42. The monoisotopic (exact) mass is 394 g/mol. The molecular formula is C20H24Cl2N2O2. The van der Waals surface area contributed by atoms with Crippen molar-refractivity contribution in [1.82, 2.24) is 10.9 Å². The summed E-state index contributed by atoms with van der Waals surface area (Å²) in [6.45, 7) is 0. The van der Waals surface area contributed by atoms with Gasteiger partial charge in [-0.15, -0.1) is 0 Å². The van der Waals surface area contributed by atoms with Gasteiger partial charge in [0.05, 0.1) is 16.5 Å². The van der Waals surface area contributed by atoms with Crippen molar-refractivity contribution in [2.75, 3.05) is 0 Å². The van der Waals surface area contributed by atoms with Crippen LogP contribution in [0.4, 0.5) is 0 Å². The van der Waals surface area contributed by atoms with Gasteiger partial charge in [0.1, 0.15) is 0 Å². The van der Waals surface area contributed by atoms with E-state index in [0.29, 0.717) is 16.5 Å². The molecule has 0 spiro atoms. The summed E-state index contributed by atoms with van der Waals surface area (Å²) in [6.07, 6.45) is 8.32. The molecular weight excluding hydrogens is 371 g/mol. The molecule has 2 amide bonds. The highest BCUT2D eigenvalue weighted by molar-refractivity contribution is 6.42. The Hall–Kier alpha value is -1.26. The lowest BCUT2D eigenvalue weighted by molar-refractivity contribution is -0.134. The van der Waals surface area contributed by atoms with E-state index in [1.54, 1.807) is 18.2 Å². The molecule has 0 unspecified atom stereocenters. The van der Waals surface area contributed by atoms with Gasteiger partial charge in [0.15, 0.2) is 0 Å². The molecule has 0 atom stereocenters. The molecule has 5 rings (SSSR count). The zero-order valence-electron chi connectivity index (χ0n) is 14.7. The summed E-state index contributed by atoms with van der Waals surface area (Å²) >= 11 is 11.8. The van der Waals surface area contributed by atoms with Gasteiger partial charge in [-0.3, -0.25) is 20.4 Å². The van der Waals surface area contributed by atoms with Gasteiger partial charge in [0.2, 0.25) is 11.8 Å². The topological polar surface area (TPSA) is 58.2 Å². The lowest BCUT2D eigenvalue weighted by Gasteiger charge is -2.56. The Balaban J connectivity index is 1.27. The zero-order valence-corrected chi connectivity index (χ0v) is 16.2. The maximum Gasteiger partial charge on any atom is 0.242 e. The summed E-state index contributed by atoms with van der Waals surface area (Å²) in [4.78, 5) is 24.5. The molecule has 0 aromatic heterocycles. The third-order valence-corrected chi connectivity index (χ3v) is 7.13. The number of rotatable bonds is 4. The predicted octanol–water partition coefficient (Wildman–Crippen LogP) is 4.29. The van der Waals surface area contributed by atoms with Gasteiger partial charge in [-0.1, -0.05) is 29.3 Å². The third-order valence-electron chi connectivity index (χ3n) is 6.39. The summed E-state index contributed by atoms with van der Waals surface area (Å²) in [7, 11) is 0. The highest BCUT2D eigenvalue weighted by Crippen LogP contribution is 2.61. The summed E-state index contributed by atoms with van der Waals surface area (Å²) < 4.78 is 0. The van der Waals surface area contributed by atoms with Gasteiger partial charge < -0.3 is 0 Å². The van der Waals surface area contributed by atoms with Crippen molar-refractivity contribution in [3.63, 3.8) is 0 Å². The standard InChI is InChI=1S/C20H24Cl2N2O2/c21-16-2-1-12(6-17(16)22)7-18(25)23-24-19(26)11-20-8-13-3-14(9-20)5-15(4-13)10-20/h1-2,6,13-15H,3-5,7-11H2,(H,23,25)(H,24,26). The van der Waals surface area contributed by atoms with Crippen LogP contribution in [0.5, 0.6) is 0 Å². The molecule has 0 heterocycles. The van der Waals surface area contributed by atoms with E-state index >= 15 is 0 Å². The molecule has 4 fully saturated rings. The van der Waals surface area contributed by atoms with Crippen molar-refractivity contribution in [3.05, 3.63) is 33.8 Å². The second-order valence-electron chi connectivity index (χ2n) is 8.62. The van der Waals surface area contributed by atoms with E-state index in [1.807, 2.05) is 0 Å². The lowest BCUT2D eigenvalue weighted by atomic mass is 9.49. The first-order valence-corrected chi connectivity index (χ1v) is 10.2. The molecule has 4 nitrogen and oxygen atoms in total. The number of carbonyl (C=O) groups is 2. The first-order chi connectivity index (χ1) is 12.4. The van der Waals surface area contributed by atoms with Crippen LogP contribution >= 0.6 is 23.2 Å². The summed E-state index contributed by atoms with van der Waals surface area (Å²) in [5, 5.41) is 0.877. The average Bonchev–Trinajstić information content (AvgIpc) is 2.55. The highest BCUT2D eigenvalue weighted by atomic mass is 35.5. The Morgan fingerprint density at radius 3 is 2.08 bits per heavy atom. The van der Waals surface area contributed by atoms with Crippen molar-refractivity contribution in [2.45, 2.75) is 51.4 Å². The van der Waals surface area contributed by atoms with Crippen LogP contribution in [-0.2, 0) is 16.0 Å². The molecule has 6 heteroatoms. The number of hydrazine groups is 1. The predicted molar refractivity (Wildman–Crippen MR) is 102 cm³/mol. The van der Waals surface area contributed by atoms with Crippen LogP contribution in [0, 0.1) is 23.2 Å². The van der Waals surface area contributed by atoms with Gasteiger partial charge in [-0.2, -0.15) is 0 Å². The molecule has 1 aromatic rings. The highest BCUT2D eigenvalue weighted by Gasteiger charge is 2.51. The zero-order chi connectivity index (χ0) is 18.3. The number of nitrogens with one attached hydrogen (secondary N) is 2. The second-order valence-corrected chi connectivity index (χ2v) is 9.43. The van der Waals surface area contributed by atoms with Gasteiger partial charge in [0.25, 0.3) is 0 Å². The largest absolute Gasteiger partial charge is 0.273 e. The van der Waals surface area contributed by atoms with Gasteiger partial charge >= 0.3 is 0 Å². The summed E-state index contributed by atoms with van der Waals surface area (Å²) in [5.74, 6) is 2.12. The molecule has 1 aromatic carbocycles. The Bertz CT molecular complexity index is 699. The van der Waals surface area contributed by atoms with E-state index in [9.17, 15) is 9.59 Å². The summed E-state index contributed by atoms with van der Waals surface area (Å²) in [5.41, 5.74) is 6.07. The SMILES string of the molecule is O=C(Cc1ccc(Cl)c(Cl)c1)NNC(=O)CC12CC3CC(CC(C3)C1)C2. The van der Waals surface area contributed by atoms with E-state index < -0.39 is 0 Å². The van der Waals surface area contributed by atoms with Crippen molar-refractivity contribution >= 4 is 35.0 Å². The number of benzene rings is 1. The van der Waals surface area contributed by atoms with Gasteiger partial charge in [0, 0.05) is 6.42 Å². The minimum Gasteiger partial charge on any atom is -0.273 e. The number of carbonyl (C=O) groups excluding carboxylic acids is 2. The molecule has 0 aliphatic heterocycles. The molecule has 26 heavy (non-hydrogen) atoms. The van der Waals surface area contributed by atoms with Crippen LogP contribution < -0.4 is 10.9 Å². The molecule has 4 saturated carbocycles. The van der Waals surface area contributed by atoms with Gasteiger partial charge in [-0.05, 0) is 79.4 Å². The van der Waals surface area contributed by atoms with E-state index in [1.165, 1.54) is 38.5 Å². The van der Waals surface area contributed by atoms with Crippen molar-refractivity contribution in [3.8, 4) is 0 Å². The Labute approximate surface area is 164 Å². The lowest BCUT2D eigenvalue weighted by Crippen LogP contribution is -2.50. The van der Waals surface area contributed by atoms with E-state index in [2.05, 4.69) is 10.9 Å². The van der Waals surface area contributed by atoms with Crippen LogP contribution in [0.3, 0.4) is 0 Å². The van der Waals surface area contributed by atoms with E-state index in [-0.39, 0.29) is 23.7 Å². The fraction of sp³-hybridized carbons (Fsp3) is 0.600. The molecule has 4 aliphatic carbocycles. The maximum atomic E-state index is 12.4. The van der Waals surface area contributed by atoms with Gasteiger partial charge in [-0.25, -0.2) is 0 Å². The molecule has 140 valence electrons. The molecule has 4 aliphatic rings. The third kappa shape index (κ3) is 3.86. The Morgan fingerprint density at radius 1 is 0.923 bits per heavy atom. The summed E-state index contributed by atoms with van der Waals surface area (Å²) in [6, 6.07) is 5.09. The van der Waals surface area contributed by atoms with E-state index in [4.69, 9.17) is 23.2 Å². The fourth-order valence-electron chi connectivity index (χ4n) is 5.91. The number of halogens is 2. The van der Waals surface area contributed by atoms with E-state index in [0.717, 1.165) is 23.3 Å². The minimum absolute atomic E-state index is 0.0746. The molecule has 2 N–H and O–H groups in total. The first kappa shape index (κ1) is 18.1. The van der Waals surface area contributed by atoms with Crippen molar-refractivity contribution in [2.24, 2.45) is 23.2 Å². The Morgan fingerprint density at radius 2 is 1.50 bits per heavy atom. The minimum atomic E-state index is -0.262. The van der Waals surface area contributed by atoms with Crippen LogP contribution in [0.15, 0.2) is 18.2 Å². The smallest absolute Gasteiger partial charge is 0.242 e. The quantitative estimate of drug-likeness (QED) is 0.748. The fourth-order valence-corrected chi connectivity index (χ4v) is 6.23. The number of amides is 2. The van der Waals surface area contributed by atoms with Crippen LogP contribution in [0.1, 0.15) is 50.5 Å². The van der Waals surface area contributed by atoms with Crippen LogP contribution in [-0.4, -0.2) is 11.8 Å². The molecule has 0 radical (unpaired) electrons. The Kier molecular flexibility index (Phi) is 4.91. The maximum absolute atomic E-state index is 12.4. The average molecular weight is 395 g/mol. The molecule has 0 saturated heterocycles. The molecule has 4 bridgehead atoms. The number of hydrogen-bond donors (Lipinski definition) is 2. The van der Waals surface area contributed by atoms with Crippen LogP contribution in [0.25, 0.3) is 0 Å². The van der Waals surface area contributed by atoms with Crippen molar-refractivity contribution in [1.29, 1.82) is 0 Å². The van der Waals surface area contributed by atoms with Crippen molar-refractivity contribution < 1.29 is 9.59 Å². The number of hydrogen-bond acceptors (Lipinski definition) is 2. The normalized spacial score (nSPS) is 31.7. The second kappa shape index (κ2) is 7.05. The van der Waals surface area contributed by atoms with Crippen LogP contribution in [0.2, 0.25) is 10.0 Å².